The summed E-state index contributed by atoms with van der Waals surface area (Å²) in [6, 6.07) is 10.2. The van der Waals surface area contributed by atoms with E-state index < -0.39 is 0 Å². The third-order valence-corrected chi connectivity index (χ3v) is 6.06. The summed E-state index contributed by atoms with van der Waals surface area (Å²) in [5, 5.41) is 6.82. The highest BCUT2D eigenvalue weighted by molar-refractivity contribution is 5.73. The maximum Gasteiger partial charge on any atom is 0.207 e. The van der Waals surface area contributed by atoms with Crippen molar-refractivity contribution >= 4 is 17.3 Å². The van der Waals surface area contributed by atoms with Crippen molar-refractivity contribution in [2.45, 2.75) is 32.9 Å². The van der Waals surface area contributed by atoms with Crippen LogP contribution in [0.25, 0.3) is 11.3 Å². The molecule has 0 saturated heterocycles. The maximum atomic E-state index is 14.9. The molecule has 2 N–H and O–H groups in total. The van der Waals surface area contributed by atoms with Crippen LogP contribution >= 0.6 is 0 Å². The molecule has 0 spiro atoms. The van der Waals surface area contributed by atoms with Crippen LogP contribution in [0.5, 0.6) is 5.75 Å². The highest BCUT2D eigenvalue weighted by atomic mass is 19.1. The number of ether oxygens (including phenoxy) is 1. The fourth-order valence-electron chi connectivity index (χ4n) is 4.39. The van der Waals surface area contributed by atoms with E-state index in [-0.39, 0.29) is 11.9 Å². The fourth-order valence-corrected chi connectivity index (χ4v) is 4.39. The second kappa shape index (κ2) is 7.89. The molecule has 7 heteroatoms. The van der Waals surface area contributed by atoms with Crippen molar-refractivity contribution < 1.29 is 9.13 Å². The number of rotatable bonds is 4. The zero-order valence-corrected chi connectivity index (χ0v) is 18.2. The summed E-state index contributed by atoms with van der Waals surface area (Å²) in [5.74, 6) is 0.703. The van der Waals surface area contributed by atoms with Crippen molar-refractivity contribution in [1.29, 1.82) is 0 Å². The molecule has 3 heterocycles. The molecule has 2 aliphatic heterocycles. The number of anilines is 3. The Morgan fingerprint density at radius 1 is 1.19 bits per heavy atom. The largest absolute Gasteiger partial charge is 0.486 e. The molecule has 0 saturated carbocycles. The third kappa shape index (κ3) is 3.74. The van der Waals surface area contributed by atoms with Crippen molar-refractivity contribution in [3.63, 3.8) is 0 Å². The summed E-state index contributed by atoms with van der Waals surface area (Å²) in [7, 11) is 1.94. The third-order valence-electron chi connectivity index (χ3n) is 6.06. The smallest absolute Gasteiger partial charge is 0.207 e. The topological polar surface area (TPSA) is 54.4 Å². The average Bonchev–Trinajstić information content (AvgIpc) is 3.13. The second-order valence-electron chi connectivity index (χ2n) is 8.54. The minimum Gasteiger partial charge on any atom is -0.486 e. The van der Waals surface area contributed by atoms with E-state index in [0.29, 0.717) is 18.3 Å². The van der Waals surface area contributed by atoms with Crippen molar-refractivity contribution in [3.05, 3.63) is 53.5 Å². The number of hydrogen-bond acceptors (Lipinski definition) is 5. The van der Waals surface area contributed by atoms with E-state index in [0.717, 1.165) is 48.7 Å². The first-order valence-electron chi connectivity index (χ1n) is 10.9. The SMILES string of the molecule is CC(C)N1CCOc2c(F)cc(-c3cn(C)c(Nc4ccc5c(c4)CNCC5)n3)cc21. The predicted octanol–water partition coefficient (Wildman–Crippen LogP) is 4.22. The van der Waals surface area contributed by atoms with Crippen LogP contribution < -0.4 is 20.3 Å². The van der Waals surface area contributed by atoms with Gasteiger partial charge < -0.3 is 24.8 Å². The lowest BCUT2D eigenvalue weighted by atomic mass is 10.0. The van der Waals surface area contributed by atoms with Crippen LogP contribution in [0.15, 0.2) is 36.5 Å². The van der Waals surface area contributed by atoms with Gasteiger partial charge in [-0.2, -0.15) is 0 Å². The van der Waals surface area contributed by atoms with Gasteiger partial charge in [0.15, 0.2) is 11.6 Å². The first-order chi connectivity index (χ1) is 15.0. The second-order valence-corrected chi connectivity index (χ2v) is 8.54. The Kier molecular flexibility index (Phi) is 5.06. The Balaban J connectivity index is 1.46. The van der Waals surface area contributed by atoms with Crippen molar-refractivity contribution in [1.82, 2.24) is 14.9 Å². The van der Waals surface area contributed by atoms with Crippen LogP contribution in [0.4, 0.5) is 21.7 Å². The summed E-state index contributed by atoms with van der Waals surface area (Å²) in [5.41, 5.74) is 5.96. The lowest BCUT2D eigenvalue weighted by molar-refractivity contribution is 0.287. The van der Waals surface area contributed by atoms with Crippen LogP contribution in [0, 0.1) is 5.82 Å². The van der Waals surface area contributed by atoms with Gasteiger partial charge in [-0.25, -0.2) is 9.37 Å². The fraction of sp³-hybridized carbons (Fsp3) is 0.375. The molecule has 0 radical (unpaired) electrons. The Morgan fingerprint density at radius 2 is 2.06 bits per heavy atom. The van der Waals surface area contributed by atoms with Crippen molar-refractivity contribution in [2.75, 3.05) is 29.9 Å². The summed E-state index contributed by atoms with van der Waals surface area (Å²) < 4.78 is 22.4. The van der Waals surface area contributed by atoms with Gasteiger partial charge in [-0.1, -0.05) is 6.07 Å². The number of imidazole rings is 1. The standard InChI is InChI=1S/C24H28FN5O/c1-15(2)30-8-9-31-23-20(25)11-17(12-22(23)30)21-14-29(3)24(28-21)27-19-5-4-16-6-7-26-13-18(16)10-19/h4-5,10-12,14-15,26H,6-9,13H2,1-3H3,(H,27,28). The molecule has 31 heavy (non-hydrogen) atoms. The normalized spacial score (nSPS) is 15.5. The molecule has 0 bridgehead atoms. The number of nitrogens with zero attached hydrogens (tertiary/aromatic N) is 3. The summed E-state index contributed by atoms with van der Waals surface area (Å²) in [6.07, 6.45) is 2.98. The molecule has 162 valence electrons. The van der Waals surface area contributed by atoms with E-state index in [2.05, 4.69) is 47.6 Å². The number of halogens is 1. The molecular formula is C24H28FN5O. The molecular weight excluding hydrogens is 393 g/mol. The zero-order chi connectivity index (χ0) is 21.5. The van der Waals surface area contributed by atoms with Gasteiger partial charge in [0.2, 0.25) is 5.95 Å². The molecule has 0 fully saturated rings. The van der Waals surface area contributed by atoms with Crippen LogP contribution in [-0.2, 0) is 20.0 Å². The molecule has 0 unspecified atom stereocenters. The number of aryl methyl sites for hydroxylation is 1. The van der Waals surface area contributed by atoms with Crippen LogP contribution in [0.1, 0.15) is 25.0 Å². The Hall–Kier alpha value is -3.06. The van der Waals surface area contributed by atoms with Gasteiger partial charge >= 0.3 is 0 Å². The molecule has 2 aliphatic rings. The predicted molar refractivity (Wildman–Crippen MR) is 122 cm³/mol. The Labute approximate surface area is 182 Å². The number of aromatic nitrogens is 2. The summed E-state index contributed by atoms with van der Waals surface area (Å²) in [6.45, 7) is 7.37. The first-order valence-corrected chi connectivity index (χ1v) is 10.9. The van der Waals surface area contributed by atoms with Crippen LogP contribution in [0.2, 0.25) is 0 Å². The van der Waals surface area contributed by atoms with E-state index in [9.17, 15) is 4.39 Å². The van der Waals surface area contributed by atoms with Gasteiger partial charge in [0.25, 0.3) is 0 Å². The van der Waals surface area contributed by atoms with E-state index in [1.165, 1.54) is 17.2 Å². The molecule has 5 rings (SSSR count). The van der Waals surface area contributed by atoms with Crippen LogP contribution in [0.3, 0.4) is 0 Å². The molecule has 0 atom stereocenters. The van der Waals surface area contributed by atoms with Gasteiger partial charge in [0.1, 0.15) is 6.61 Å². The maximum absolute atomic E-state index is 14.9. The van der Waals surface area contributed by atoms with Crippen molar-refractivity contribution in [2.24, 2.45) is 7.05 Å². The van der Waals surface area contributed by atoms with E-state index in [4.69, 9.17) is 9.72 Å². The monoisotopic (exact) mass is 421 g/mol. The number of fused-ring (bicyclic) bond motifs is 2. The molecule has 0 aliphatic carbocycles. The highest BCUT2D eigenvalue weighted by Gasteiger charge is 2.25. The quantitative estimate of drug-likeness (QED) is 0.661. The molecule has 3 aromatic rings. The van der Waals surface area contributed by atoms with Gasteiger partial charge in [0.05, 0.1) is 17.9 Å². The molecule has 1 aromatic heterocycles. The highest BCUT2D eigenvalue weighted by Crippen LogP contribution is 2.39. The summed E-state index contributed by atoms with van der Waals surface area (Å²) >= 11 is 0. The number of nitrogens with one attached hydrogen (secondary N) is 2. The lowest BCUT2D eigenvalue weighted by Crippen LogP contribution is -2.38. The minimum atomic E-state index is -0.347. The van der Waals surface area contributed by atoms with E-state index in [1.54, 1.807) is 0 Å². The van der Waals surface area contributed by atoms with Gasteiger partial charge in [-0.3, -0.25) is 0 Å². The van der Waals surface area contributed by atoms with Gasteiger partial charge in [-0.05, 0) is 62.2 Å². The lowest BCUT2D eigenvalue weighted by Gasteiger charge is -2.34. The average molecular weight is 422 g/mol. The van der Waals surface area contributed by atoms with Crippen LogP contribution in [-0.4, -0.2) is 35.3 Å². The Morgan fingerprint density at radius 3 is 2.90 bits per heavy atom. The van der Waals surface area contributed by atoms with E-state index in [1.807, 2.05) is 23.9 Å². The zero-order valence-electron chi connectivity index (χ0n) is 18.2. The first kappa shape index (κ1) is 19.9. The number of hydrogen-bond donors (Lipinski definition) is 2. The van der Waals surface area contributed by atoms with E-state index >= 15 is 0 Å². The molecule has 2 aromatic carbocycles. The number of benzene rings is 2. The molecule has 0 amide bonds. The Bertz CT molecular complexity index is 1120. The van der Waals surface area contributed by atoms with Gasteiger partial charge in [0, 0.05) is 37.1 Å². The molecule has 6 nitrogen and oxygen atoms in total. The summed E-state index contributed by atoms with van der Waals surface area (Å²) in [4.78, 5) is 6.93. The van der Waals surface area contributed by atoms with Crippen molar-refractivity contribution in [3.8, 4) is 17.0 Å². The van der Waals surface area contributed by atoms with Gasteiger partial charge in [-0.15, -0.1) is 0 Å². The minimum absolute atomic E-state index is 0.261.